The van der Waals surface area contributed by atoms with Crippen LogP contribution in [0.4, 0.5) is 0 Å². The fourth-order valence-corrected chi connectivity index (χ4v) is 2.72. The van der Waals surface area contributed by atoms with Crippen LogP contribution in [0.2, 0.25) is 0 Å². The highest BCUT2D eigenvalue weighted by Gasteiger charge is 2.18. The van der Waals surface area contributed by atoms with Crippen molar-refractivity contribution in [2.45, 2.75) is 38.5 Å². The minimum Gasteiger partial charge on any atom is -0.348 e. The van der Waals surface area contributed by atoms with Gasteiger partial charge in [-0.3, -0.25) is 9.59 Å². The molecule has 0 spiro atoms. The first-order chi connectivity index (χ1) is 9.75. The Morgan fingerprint density at radius 3 is 1.60 bits per heavy atom. The van der Waals surface area contributed by atoms with Gasteiger partial charge in [-0.25, -0.2) is 0 Å². The van der Waals surface area contributed by atoms with Crippen molar-refractivity contribution in [3.05, 3.63) is 24.3 Å². The SMILES string of the molecule is O=C(NC[C@@H]1CC=CCC1)C(=O)NC[C@@H]1CC=CCC1. The number of carbonyl (C=O) groups excluding carboxylic acids is 2. The molecule has 0 aromatic heterocycles. The predicted molar refractivity (Wildman–Crippen MR) is 79.0 cm³/mol. The van der Waals surface area contributed by atoms with Crippen LogP contribution in [0.5, 0.6) is 0 Å². The van der Waals surface area contributed by atoms with Crippen molar-refractivity contribution in [3.8, 4) is 0 Å². The molecule has 0 aliphatic heterocycles. The van der Waals surface area contributed by atoms with Gasteiger partial charge in [0, 0.05) is 13.1 Å². The number of amides is 2. The second-order valence-electron chi connectivity index (χ2n) is 5.72. The molecule has 0 fully saturated rings. The smallest absolute Gasteiger partial charge is 0.309 e. The van der Waals surface area contributed by atoms with Gasteiger partial charge in [-0.05, 0) is 50.4 Å². The van der Waals surface area contributed by atoms with Gasteiger partial charge in [-0.15, -0.1) is 0 Å². The van der Waals surface area contributed by atoms with Crippen molar-refractivity contribution in [2.75, 3.05) is 13.1 Å². The summed E-state index contributed by atoms with van der Waals surface area (Å²) < 4.78 is 0. The summed E-state index contributed by atoms with van der Waals surface area (Å²) in [6, 6.07) is 0. The number of allylic oxidation sites excluding steroid dienone is 4. The Morgan fingerprint density at radius 1 is 0.800 bits per heavy atom. The summed E-state index contributed by atoms with van der Waals surface area (Å²) in [6.45, 7) is 1.20. The zero-order chi connectivity index (χ0) is 14.2. The Morgan fingerprint density at radius 2 is 1.25 bits per heavy atom. The molecule has 2 aliphatic rings. The zero-order valence-electron chi connectivity index (χ0n) is 11.9. The van der Waals surface area contributed by atoms with Gasteiger partial charge in [-0.1, -0.05) is 24.3 Å². The molecule has 2 rings (SSSR count). The lowest BCUT2D eigenvalue weighted by Crippen LogP contribution is -2.43. The molecular weight excluding hydrogens is 252 g/mol. The van der Waals surface area contributed by atoms with E-state index in [0.717, 1.165) is 38.5 Å². The molecule has 2 atom stereocenters. The minimum atomic E-state index is -0.495. The highest BCUT2D eigenvalue weighted by Crippen LogP contribution is 2.17. The van der Waals surface area contributed by atoms with E-state index in [9.17, 15) is 9.59 Å². The summed E-state index contributed by atoms with van der Waals surface area (Å²) >= 11 is 0. The fraction of sp³-hybridized carbons (Fsp3) is 0.625. The van der Waals surface area contributed by atoms with Crippen molar-refractivity contribution in [1.82, 2.24) is 10.6 Å². The molecule has 4 heteroatoms. The van der Waals surface area contributed by atoms with E-state index < -0.39 is 11.8 Å². The third-order valence-corrected chi connectivity index (χ3v) is 4.06. The van der Waals surface area contributed by atoms with Crippen LogP contribution in [0.25, 0.3) is 0 Å². The fourth-order valence-electron chi connectivity index (χ4n) is 2.72. The van der Waals surface area contributed by atoms with Gasteiger partial charge in [0.15, 0.2) is 0 Å². The molecule has 2 N–H and O–H groups in total. The van der Waals surface area contributed by atoms with Gasteiger partial charge in [0.2, 0.25) is 0 Å². The summed E-state index contributed by atoms with van der Waals surface area (Å²) in [6.07, 6.45) is 15.0. The van der Waals surface area contributed by atoms with Gasteiger partial charge in [0.25, 0.3) is 0 Å². The lowest BCUT2D eigenvalue weighted by atomic mass is 9.94. The van der Waals surface area contributed by atoms with Gasteiger partial charge in [-0.2, -0.15) is 0 Å². The van der Waals surface area contributed by atoms with Crippen LogP contribution in [-0.4, -0.2) is 24.9 Å². The molecule has 0 unspecified atom stereocenters. The third kappa shape index (κ3) is 4.83. The lowest BCUT2D eigenvalue weighted by Gasteiger charge is -2.19. The zero-order valence-corrected chi connectivity index (χ0v) is 11.9. The molecule has 2 aliphatic carbocycles. The number of hydrogen-bond donors (Lipinski definition) is 2. The number of hydrogen-bond acceptors (Lipinski definition) is 2. The molecule has 2 amide bonds. The van der Waals surface area contributed by atoms with Gasteiger partial charge in [0.1, 0.15) is 0 Å². The largest absolute Gasteiger partial charge is 0.348 e. The number of carbonyl (C=O) groups is 2. The first-order valence-corrected chi connectivity index (χ1v) is 7.61. The Hall–Kier alpha value is -1.58. The highest BCUT2D eigenvalue weighted by atomic mass is 16.2. The summed E-state index contributed by atoms with van der Waals surface area (Å²) in [5, 5.41) is 5.48. The highest BCUT2D eigenvalue weighted by molar-refractivity contribution is 6.35. The van der Waals surface area contributed by atoms with Gasteiger partial charge in [0.05, 0.1) is 0 Å². The van der Waals surface area contributed by atoms with Gasteiger partial charge >= 0.3 is 11.8 Å². The molecule has 0 saturated carbocycles. The average Bonchev–Trinajstić information content (AvgIpc) is 2.52. The molecule has 0 heterocycles. The Labute approximate surface area is 120 Å². The Kier molecular flexibility index (Phi) is 5.84. The van der Waals surface area contributed by atoms with Crippen LogP contribution in [-0.2, 0) is 9.59 Å². The van der Waals surface area contributed by atoms with Crippen molar-refractivity contribution < 1.29 is 9.59 Å². The summed E-state index contributed by atoms with van der Waals surface area (Å²) in [5.74, 6) is -0.0442. The Bertz CT molecular complexity index is 363. The first-order valence-electron chi connectivity index (χ1n) is 7.61. The topological polar surface area (TPSA) is 58.2 Å². The summed E-state index contributed by atoms with van der Waals surface area (Å²) in [4.78, 5) is 23.4. The van der Waals surface area contributed by atoms with Gasteiger partial charge < -0.3 is 10.6 Å². The van der Waals surface area contributed by atoms with Crippen LogP contribution in [0, 0.1) is 11.8 Å². The van der Waals surface area contributed by atoms with E-state index in [0.29, 0.717) is 24.9 Å². The van der Waals surface area contributed by atoms with E-state index in [2.05, 4.69) is 34.9 Å². The van der Waals surface area contributed by atoms with Crippen molar-refractivity contribution in [1.29, 1.82) is 0 Å². The standard InChI is InChI=1S/C16H24N2O2/c19-15(17-11-13-7-3-1-4-8-13)16(20)18-12-14-9-5-2-6-10-14/h1-3,5,13-14H,4,6-12H2,(H,17,19)(H,18,20)/t13-,14-/m1/s1. The maximum Gasteiger partial charge on any atom is 0.309 e. The average molecular weight is 276 g/mol. The van der Waals surface area contributed by atoms with Crippen molar-refractivity contribution in [3.63, 3.8) is 0 Å². The van der Waals surface area contributed by atoms with Crippen molar-refractivity contribution >= 4 is 11.8 Å². The monoisotopic (exact) mass is 276 g/mol. The maximum absolute atomic E-state index is 11.7. The minimum absolute atomic E-state index is 0.472. The third-order valence-electron chi connectivity index (χ3n) is 4.06. The molecule has 0 aromatic rings. The van der Waals surface area contributed by atoms with Crippen LogP contribution in [0.3, 0.4) is 0 Å². The number of rotatable bonds is 4. The van der Waals surface area contributed by atoms with Crippen molar-refractivity contribution in [2.24, 2.45) is 11.8 Å². The molecule has 4 nitrogen and oxygen atoms in total. The van der Waals surface area contributed by atoms with Crippen LogP contribution >= 0.6 is 0 Å². The molecule has 20 heavy (non-hydrogen) atoms. The summed E-state index contributed by atoms with van der Waals surface area (Å²) in [5.41, 5.74) is 0. The Balaban J connectivity index is 1.62. The van der Waals surface area contributed by atoms with E-state index in [4.69, 9.17) is 0 Å². The second kappa shape index (κ2) is 7.88. The maximum atomic E-state index is 11.7. The second-order valence-corrected chi connectivity index (χ2v) is 5.72. The molecular formula is C16H24N2O2. The molecule has 0 radical (unpaired) electrons. The first kappa shape index (κ1) is 14.8. The van der Waals surface area contributed by atoms with Crippen LogP contribution < -0.4 is 10.6 Å². The van der Waals surface area contributed by atoms with E-state index in [-0.39, 0.29) is 0 Å². The predicted octanol–water partition coefficient (Wildman–Crippen LogP) is 1.93. The molecule has 0 bridgehead atoms. The van der Waals surface area contributed by atoms with E-state index in [1.165, 1.54) is 0 Å². The molecule has 0 saturated heterocycles. The van der Waals surface area contributed by atoms with E-state index >= 15 is 0 Å². The quantitative estimate of drug-likeness (QED) is 0.609. The number of nitrogens with one attached hydrogen (secondary N) is 2. The molecule has 0 aromatic carbocycles. The lowest BCUT2D eigenvalue weighted by molar-refractivity contribution is -0.139. The van der Waals surface area contributed by atoms with Crippen LogP contribution in [0.15, 0.2) is 24.3 Å². The van der Waals surface area contributed by atoms with E-state index in [1.807, 2.05) is 0 Å². The van der Waals surface area contributed by atoms with Crippen LogP contribution in [0.1, 0.15) is 38.5 Å². The van der Waals surface area contributed by atoms with E-state index in [1.54, 1.807) is 0 Å². The molecule has 110 valence electrons. The normalized spacial score (nSPS) is 25.2. The summed E-state index contributed by atoms with van der Waals surface area (Å²) in [7, 11) is 0.